The monoisotopic (exact) mass is 459 g/mol. The summed E-state index contributed by atoms with van der Waals surface area (Å²) < 4.78 is 0. The highest BCUT2D eigenvalue weighted by Crippen LogP contribution is 2.26. The second-order valence-electron chi connectivity index (χ2n) is 8.03. The Labute approximate surface area is 196 Å². The molecule has 0 aliphatic heterocycles. The van der Waals surface area contributed by atoms with Crippen LogP contribution in [0.1, 0.15) is 36.2 Å². The van der Waals surface area contributed by atoms with E-state index in [2.05, 4.69) is 42.7 Å². The summed E-state index contributed by atoms with van der Waals surface area (Å²) in [6, 6.07) is 10.1. The van der Waals surface area contributed by atoms with Crippen molar-refractivity contribution in [3.8, 4) is 11.4 Å². The van der Waals surface area contributed by atoms with E-state index in [4.69, 9.17) is 0 Å². The molecule has 4 rings (SSSR count). The van der Waals surface area contributed by atoms with Crippen LogP contribution in [0.2, 0.25) is 0 Å². The number of hydrogen-bond acceptors (Lipinski definition) is 6. The van der Waals surface area contributed by atoms with Crippen molar-refractivity contribution in [2.75, 3.05) is 10.6 Å². The first-order valence-electron chi connectivity index (χ1n) is 11.0. The number of nitrogens with one attached hydrogen (secondary N) is 4. The van der Waals surface area contributed by atoms with E-state index >= 15 is 0 Å². The lowest BCUT2D eigenvalue weighted by Crippen LogP contribution is -2.40. The van der Waals surface area contributed by atoms with Crippen molar-refractivity contribution in [3.05, 3.63) is 67.1 Å². The Morgan fingerprint density at radius 1 is 1.09 bits per heavy atom. The quantitative estimate of drug-likeness (QED) is 0.400. The number of rotatable bonds is 7. The molecule has 3 heterocycles. The lowest BCUT2D eigenvalue weighted by molar-refractivity contribution is -0.122. The molecule has 1 saturated carbocycles. The van der Waals surface area contributed by atoms with Gasteiger partial charge in [-0.25, -0.2) is 9.97 Å². The molecular weight excluding hydrogens is 434 g/mol. The molecule has 1 fully saturated rings. The minimum atomic E-state index is -0.402. The zero-order valence-corrected chi connectivity index (χ0v) is 18.5. The number of amides is 3. The lowest BCUT2D eigenvalue weighted by atomic mass is 9.85. The van der Waals surface area contributed by atoms with Gasteiger partial charge in [0.15, 0.2) is 0 Å². The summed E-state index contributed by atoms with van der Waals surface area (Å²) in [7, 11) is 0. The minimum absolute atomic E-state index is 0.0360. The maximum absolute atomic E-state index is 12.7. The maximum Gasteiger partial charge on any atom is 0.275 e. The number of anilines is 2. The van der Waals surface area contributed by atoms with Crippen molar-refractivity contribution in [1.82, 2.24) is 25.5 Å². The Hall–Kier alpha value is -4.34. The predicted octanol–water partition coefficient (Wildman–Crippen LogP) is 2.92. The first kappa shape index (κ1) is 22.8. The topological polar surface area (TPSA) is 142 Å². The molecule has 3 aromatic rings. The molecule has 0 spiro atoms. The number of carbonyl (C=O) groups excluding carboxylic acids is 3. The summed E-state index contributed by atoms with van der Waals surface area (Å²) in [6.07, 6.45) is 7.39. The van der Waals surface area contributed by atoms with Crippen LogP contribution < -0.4 is 16.0 Å². The van der Waals surface area contributed by atoms with Crippen LogP contribution in [-0.4, -0.2) is 43.9 Å². The van der Waals surface area contributed by atoms with Gasteiger partial charge in [0.1, 0.15) is 11.5 Å². The Morgan fingerprint density at radius 2 is 1.97 bits per heavy atom. The molecule has 3 amide bonds. The van der Waals surface area contributed by atoms with Crippen LogP contribution in [0.5, 0.6) is 0 Å². The number of carbonyl (C=O) groups is 3. The van der Waals surface area contributed by atoms with E-state index in [1.807, 2.05) is 0 Å². The fraction of sp³-hybridized carbons (Fsp3) is 0.250. The van der Waals surface area contributed by atoms with Gasteiger partial charge in [-0.2, -0.15) is 5.10 Å². The van der Waals surface area contributed by atoms with Gasteiger partial charge in [-0.3, -0.25) is 19.5 Å². The van der Waals surface area contributed by atoms with Gasteiger partial charge in [0.05, 0.1) is 23.3 Å². The van der Waals surface area contributed by atoms with Crippen LogP contribution in [0.3, 0.4) is 0 Å². The molecule has 4 N–H and O–H groups in total. The highest BCUT2D eigenvalue weighted by atomic mass is 16.2. The lowest BCUT2D eigenvalue weighted by Gasteiger charge is -2.28. The number of hydrogen-bond donors (Lipinski definition) is 4. The summed E-state index contributed by atoms with van der Waals surface area (Å²) in [6.45, 7) is 3.46. The molecular formula is C24H25N7O3. The van der Waals surface area contributed by atoms with Crippen molar-refractivity contribution in [2.45, 2.75) is 31.7 Å². The molecule has 10 heteroatoms. The van der Waals surface area contributed by atoms with Crippen LogP contribution >= 0.6 is 0 Å². The summed E-state index contributed by atoms with van der Waals surface area (Å²) in [5.41, 5.74) is 2.08. The van der Waals surface area contributed by atoms with Gasteiger partial charge >= 0.3 is 0 Å². The number of H-pyrrole nitrogens is 1. The summed E-state index contributed by atoms with van der Waals surface area (Å²) >= 11 is 0. The van der Waals surface area contributed by atoms with Gasteiger partial charge in [0.2, 0.25) is 11.8 Å². The van der Waals surface area contributed by atoms with Crippen LogP contribution in [0.25, 0.3) is 11.4 Å². The van der Waals surface area contributed by atoms with Crippen LogP contribution in [0.15, 0.2) is 61.4 Å². The van der Waals surface area contributed by atoms with E-state index in [1.165, 1.54) is 12.3 Å². The molecule has 0 aromatic carbocycles. The van der Waals surface area contributed by atoms with Gasteiger partial charge in [-0.1, -0.05) is 19.1 Å². The molecule has 0 radical (unpaired) electrons. The van der Waals surface area contributed by atoms with Gasteiger partial charge in [-0.05, 0) is 55.7 Å². The summed E-state index contributed by atoms with van der Waals surface area (Å²) in [5.74, 6) is -0.606. The van der Waals surface area contributed by atoms with E-state index in [1.54, 1.807) is 42.6 Å². The molecule has 1 aliphatic carbocycles. The van der Waals surface area contributed by atoms with Gasteiger partial charge in [-0.15, -0.1) is 0 Å². The van der Waals surface area contributed by atoms with E-state index in [0.29, 0.717) is 29.3 Å². The summed E-state index contributed by atoms with van der Waals surface area (Å²) in [4.78, 5) is 45.4. The number of aromatic nitrogens is 4. The zero-order valence-electron chi connectivity index (χ0n) is 18.5. The number of aromatic amines is 1. The minimum Gasteiger partial charge on any atom is -0.350 e. The zero-order chi connectivity index (χ0) is 23.9. The van der Waals surface area contributed by atoms with Crippen molar-refractivity contribution < 1.29 is 14.4 Å². The van der Waals surface area contributed by atoms with Gasteiger partial charge in [0, 0.05) is 18.2 Å². The molecule has 0 unspecified atom stereocenters. The van der Waals surface area contributed by atoms with Crippen LogP contribution in [0, 0.1) is 5.92 Å². The summed E-state index contributed by atoms with van der Waals surface area (Å²) in [5, 5.41) is 15.1. The highest BCUT2D eigenvalue weighted by molar-refractivity contribution is 6.02. The molecule has 3 aromatic heterocycles. The Bertz CT molecular complexity index is 1180. The average molecular weight is 460 g/mol. The predicted molar refractivity (Wildman–Crippen MR) is 127 cm³/mol. The second-order valence-corrected chi connectivity index (χ2v) is 8.03. The van der Waals surface area contributed by atoms with Crippen molar-refractivity contribution in [3.63, 3.8) is 0 Å². The van der Waals surface area contributed by atoms with E-state index in [9.17, 15) is 14.4 Å². The molecule has 0 bridgehead atoms. The standard InChI is InChI=1S/C24H25N7O3/c1-2-22(32)27-16-6-3-5-15(13-16)23(33)28-17-9-10-21(25-14-17)30-24(34)20-8-4-7-18(29-20)19-11-12-26-31-19/h2,4,7-12,14-16H,1,3,5-6,13H2,(H,26,31)(H,27,32)(H,28,33)(H,25,30,34)/t15-,16+/m0/s1. The van der Waals surface area contributed by atoms with Crippen LogP contribution in [0.4, 0.5) is 11.5 Å². The number of pyridine rings is 2. The Balaban J connectivity index is 1.33. The third-order valence-corrected chi connectivity index (χ3v) is 5.61. The van der Waals surface area contributed by atoms with Crippen molar-refractivity contribution in [1.29, 1.82) is 0 Å². The fourth-order valence-electron chi connectivity index (χ4n) is 3.90. The molecule has 0 saturated heterocycles. The molecule has 10 nitrogen and oxygen atoms in total. The maximum atomic E-state index is 12.7. The van der Waals surface area contributed by atoms with E-state index in [-0.39, 0.29) is 29.5 Å². The first-order chi connectivity index (χ1) is 16.5. The molecule has 174 valence electrons. The second kappa shape index (κ2) is 10.5. The van der Waals surface area contributed by atoms with Gasteiger partial charge < -0.3 is 16.0 Å². The van der Waals surface area contributed by atoms with Crippen molar-refractivity contribution >= 4 is 29.2 Å². The normalized spacial score (nSPS) is 17.4. The average Bonchev–Trinajstić information content (AvgIpc) is 3.40. The first-order valence-corrected chi connectivity index (χ1v) is 11.0. The molecule has 1 aliphatic rings. The molecule has 34 heavy (non-hydrogen) atoms. The third kappa shape index (κ3) is 5.71. The molecule has 2 atom stereocenters. The Morgan fingerprint density at radius 3 is 2.71 bits per heavy atom. The third-order valence-electron chi connectivity index (χ3n) is 5.61. The SMILES string of the molecule is C=CC(=O)N[C@@H]1CCC[C@H](C(=O)Nc2ccc(NC(=O)c3cccc(-c4ccn[nH]4)n3)nc2)C1. The Kier molecular flexibility index (Phi) is 7.07. The fourth-order valence-corrected chi connectivity index (χ4v) is 3.90. The van der Waals surface area contributed by atoms with Gasteiger partial charge in [0.25, 0.3) is 5.91 Å². The van der Waals surface area contributed by atoms with E-state index < -0.39 is 5.91 Å². The smallest absolute Gasteiger partial charge is 0.275 e. The highest BCUT2D eigenvalue weighted by Gasteiger charge is 2.28. The van der Waals surface area contributed by atoms with E-state index in [0.717, 1.165) is 19.3 Å². The van der Waals surface area contributed by atoms with Crippen LogP contribution in [-0.2, 0) is 9.59 Å². The van der Waals surface area contributed by atoms with Crippen molar-refractivity contribution in [2.24, 2.45) is 5.92 Å². The number of nitrogens with zero attached hydrogens (tertiary/aromatic N) is 3. The largest absolute Gasteiger partial charge is 0.350 e.